The normalized spacial score (nSPS) is 10.9. The number of aromatic amines is 2. The summed E-state index contributed by atoms with van der Waals surface area (Å²) in [6.45, 7) is 0. The van der Waals surface area contributed by atoms with Crippen molar-refractivity contribution in [3.63, 3.8) is 0 Å². The summed E-state index contributed by atoms with van der Waals surface area (Å²) < 4.78 is 0. The van der Waals surface area contributed by atoms with E-state index in [1.165, 1.54) is 6.07 Å². The third kappa shape index (κ3) is 1.72. The van der Waals surface area contributed by atoms with Crippen molar-refractivity contribution in [3.05, 3.63) is 51.9 Å². The number of hydrogen-bond donors (Lipinski definition) is 2. The van der Waals surface area contributed by atoms with E-state index < -0.39 is 0 Å². The zero-order valence-electron chi connectivity index (χ0n) is 8.70. The largest absolute Gasteiger partial charge is 0.367 e. The van der Waals surface area contributed by atoms with Crippen molar-refractivity contribution in [3.8, 4) is 11.4 Å². The first-order chi connectivity index (χ1) is 8.24. The molecule has 0 radical (unpaired) electrons. The van der Waals surface area contributed by atoms with E-state index in [1.807, 2.05) is 6.07 Å². The number of aromatic nitrogens is 3. The van der Waals surface area contributed by atoms with Crippen LogP contribution in [0.2, 0.25) is 5.02 Å². The molecule has 3 aromatic rings. The van der Waals surface area contributed by atoms with Crippen molar-refractivity contribution in [2.75, 3.05) is 0 Å². The quantitative estimate of drug-likeness (QED) is 0.692. The van der Waals surface area contributed by atoms with Gasteiger partial charge in [-0.05, 0) is 18.2 Å². The number of H-pyrrole nitrogens is 2. The lowest BCUT2D eigenvalue weighted by Crippen LogP contribution is -2.03. The molecule has 2 N–H and O–H groups in total. The molecule has 0 spiro atoms. The Bertz CT molecular complexity index is 745. The lowest BCUT2D eigenvalue weighted by molar-refractivity contribution is 1.25. The average molecular weight is 246 g/mol. The second-order valence-corrected chi connectivity index (χ2v) is 4.11. The fourth-order valence-corrected chi connectivity index (χ4v) is 1.88. The molecule has 4 nitrogen and oxygen atoms in total. The number of benzene rings is 1. The summed E-state index contributed by atoms with van der Waals surface area (Å²) >= 11 is 5.89. The molecule has 2 heterocycles. The van der Waals surface area contributed by atoms with Gasteiger partial charge in [0, 0.05) is 23.5 Å². The van der Waals surface area contributed by atoms with Crippen molar-refractivity contribution >= 4 is 22.6 Å². The molecule has 3 rings (SSSR count). The van der Waals surface area contributed by atoms with Gasteiger partial charge in [-0.2, -0.15) is 0 Å². The van der Waals surface area contributed by atoms with Gasteiger partial charge in [0.25, 0.3) is 0 Å². The molecule has 0 saturated carbocycles. The number of pyridine rings is 1. The standard InChI is InChI=1S/C12H8ClN3O/c13-7-1-2-9-10(5-7)16-12(15-9)8-6-14-4-3-11(8)17/h1-6H,(H,14,17)(H,15,16). The smallest absolute Gasteiger partial charge is 0.192 e. The molecule has 0 aliphatic rings. The van der Waals surface area contributed by atoms with Crippen LogP contribution in [-0.4, -0.2) is 15.0 Å². The maximum Gasteiger partial charge on any atom is 0.192 e. The highest BCUT2D eigenvalue weighted by atomic mass is 35.5. The molecule has 0 saturated heterocycles. The summed E-state index contributed by atoms with van der Waals surface area (Å²) in [6.07, 6.45) is 3.22. The topological polar surface area (TPSA) is 61.5 Å². The van der Waals surface area contributed by atoms with Gasteiger partial charge in [0.1, 0.15) is 5.82 Å². The van der Waals surface area contributed by atoms with Crippen LogP contribution >= 0.6 is 11.6 Å². The van der Waals surface area contributed by atoms with Crippen LogP contribution in [0.1, 0.15) is 0 Å². The molecule has 0 aliphatic heterocycles. The van der Waals surface area contributed by atoms with Gasteiger partial charge >= 0.3 is 0 Å². The summed E-state index contributed by atoms with van der Waals surface area (Å²) in [6, 6.07) is 6.83. The Balaban J connectivity index is 2.25. The summed E-state index contributed by atoms with van der Waals surface area (Å²) in [4.78, 5) is 22.0. The van der Waals surface area contributed by atoms with E-state index in [2.05, 4.69) is 15.0 Å². The number of rotatable bonds is 1. The van der Waals surface area contributed by atoms with E-state index in [4.69, 9.17) is 11.6 Å². The van der Waals surface area contributed by atoms with Crippen molar-refractivity contribution in [2.24, 2.45) is 0 Å². The lowest BCUT2D eigenvalue weighted by Gasteiger charge is -1.92. The third-order valence-corrected chi connectivity index (χ3v) is 2.76. The molecule has 5 heteroatoms. The molecule has 0 atom stereocenters. The number of fused-ring (bicyclic) bond motifs is 1. The summed E-state index contributed by atoms with van der Waals surface area (Å²) in [5.74, 6) is 0.545. The molecule has 17 heavy (non-hydrogen) atoms. The highest BCUT2D eigenvalue weighted by Gasteiger charge is 2.08. The van der Waals surface area contributed by atoms with E-state index in [0.717, 1.165) is 11.0 Å². The first-order valence-electron chi connectivity index (χ1n) is 5.07. The maximum atomic E-state index is 11.7. The minimum absolute atomic E-state index is 0.0751. The third-order valence-electron chi connectivity index (χ3n) is 2.52. The minimum Gasteiger partial charge on any atom is -0.367 e. The molecule has 1 aromatic carbocycles. The van der Waals surface area contributed by atoms with Crippen LogP contribution in [0.4, 0.5) is 0 Å². The Morgan fingerprint density at radius 1 is 1.24 bits per heavy atom. The first kappa shape index (κ1) is 10.1. The number of imidazole rings is 1. The van der Waals surface area contributed by atoms with Crippen LogP contribution in [0.15, 0.2) is 41.5 Å². The van der Waals surface area contributed by atoms with Crippen LogP contribution in [-0.2, 0) is 0 Å². The van der Waals surface area contributed by atoms with Gasteiger partial charge in [0.15, 0.2) is 5.43 Å². The van der Waals surface area contributed by atoms with Crippen molar-refractivity contribution in [1.29, 1.82) is 0 Å². The zero-order chi connectivity index (χ0) is 11.8. The van der Waals surface area contributed by atoms with Gasteiger partial charge in [-0.25, -0.2) is 4.98 Å². The summed E-state index contributed by atoms with van der Waals surface area (Å²) in [5, 5.41) is 0.634. The van der Waals surface area contributed by atoms with E-state index >= 15 is 0 Å². The Morgan fingerprint density at radius 2 is 2.12 bits per heavy atom. The van der Waals surface area contributed by atoms with Crippen molar-refractivity contribution in [2.45, 2.75) is 0 Å². The summed E-state index contributed by atoms with van der Waals surface area (Å²) in [5.41, 5.74) is 2.04. The average Bonchev–Trinajstić information content (AvgIpc) is 2.72. The van der Waals surface area contributed by atoms with Gasteiger partial charge in [-0.3, -0.25) is 4.79 Å². The van der Waals surface area contributed by atoms with Gasteiger partial charge in [0.05, 0.1) is 16.6 Å². The molecule has 0 unspecified atom stereocenters. The maximum absolute atomic E-state index is 11.7. The van der Waals surface area contributed by atoms with Crippen LogP contribution in [0, 0.1) is 0 Å². The Kier molecular flexibility index (Phi) is 2.23. The van der Waals surface area contributed by atoms with E-state index in [-0.39, 0.29) is 5.43 Å². The van der Waals surface area contributed by atoms with E-state index in [1.54, 1.807) is 24.5 Å². The SMILES string of the molecule is O=c1cc[nH]cc1-c1nc2ccc(Cl)cc2[nH]1. The number of hydrogen-bond acceptors (Lipinski definition) is 2. The highest BCUT2D eigenvalue weighted by molar-refractivity contribution is 6.31. The number of halogens is 1. The predicted octanol–water partition coefficient (Wildman–Crippen LogP) is 2.57. The molecule has 2 aromatic heterocycles. The van der Waals surface area contributed by atoms with E-state index in [9.17, 15) is 4.79 Å². The lowest BCUT2D eigenvalue weighted by atomic mass is 10.2. The van der Waals surface area contributed by atoms with Crippen LogP contribution in [0.5, 0.6) is 0 Å². The predicted molar refractivity (Wildman–Crippen MR) is 67.2 cm³/mol. The monoisotopic (exact) mass is 245 g/mol. The van der Waals surface area contributed by atoms with Crippen LogP contribution in [0.25, 0.3) is 22.4 Å². The number of nitrogens with zero attached hydrogens (tertiary/aromatic N) is 1. The second kappa shape index (κ2) is 3.75. The van der Waals surface area contributed by atoms with Gasteiger partial charge in [-0.1, -0.05) is 11.6 Å². The molecular weight excluding hydrogens is 238 g/mol. The Morgan fingerprint density at radius 3 is 2.94 bits per heavy atom. The Hall–Kier alpha value is -2.07. The van der Waals surface area contributed by atoms with Crippen molar-refractivity contribution < 1.29 is 0 Å². The van der Waals surface area contributed by atoms with Gasteiger partial charge < -0.3 is 9.97 Å². The fourth-order valence-electron chi connectivity index (χ4n) is 1.71. The second-order valence-electron chi connectivity index (χ2n) is 3.67. The zero-order valence-corrected chi connectivity index (χ0v) is 9.45. The minimum atomic E-state index is -0.0751. The molecule has 84 valence electrons. The summed E-state index contributed by atoms with van der Waals surface area (Å²) in [7, 11) is 0. The number of nitrogens with one attached hydrogen (secondary N) is 2. The van der Waals surface area contributed by atoms with Gasteiger partial charge in [-0.15, -0.1) is 0 Å². The van der Waals surface area contributed by atoms with E-state index in [0.29, 0.717) is 16.4 Å². The molecule has 0 fully saturated rings. The molecule has 0 bridgehead atoms. The first-order valence-corrected chi connectivity index (χ1v) is 5.44. The Labute approximate surface area is 101 Å². The fraction of sp³-hybridized carbons (Fsp3) is 0. The van der Waals surface area contributed by atoms with Crippen LogP contribution in [0.3, 0.4) is 0 Å². The molecule has 0 aliphatic carbocycles. The van der Waals surface area contributed by atoms with Crippen LogP contribution < -0.4 is 5.43 Å². The van der Waals surface area contributed by atoms with Gasteiger partial charge in [0.2, 0.25) is 0 Å². The van der Waals surface area contributed by atoms with Crippen molar-refractivity contribution in [1.82, 2.24) is 15.0 Å². The highest BCUT2D eigenvalue weighted by Crippen LogP contribution is 2.20. The molecule has 0 amide bonds. The molecular formula is C12H8ClN3O.